The van der Waals surface area contributed by atoms with E-state index in [1.807, 2.05) is 6.92 Å². The molecule has 3 nitrogen and oxygen atoms in total. The number of aryl methyl sites for hydroxylation is 5. The quantitative estimate of drug-likeness (QED) is 0.867. The number of nitrogens with two attached hydrogens (primary N) is 1. The predicted octanol–water partition coefficient (Wildman–Crippen LogP) is 2.58. The van der Waals surface area contributed by atoms with Gasteiger partial charge in [-0.05, 0) is 44.7 Å². The van der Waals surface area contributed by atoms with E-state index in [4.69, 9.17) is 5.73 Å². The van der Waals surface area contributed by atoms with Gasteiger partial charge >= 0.3 is 0 Å². The molecule has 0 amide bonds. The van der Waals surface area contributed by atoms with Crippen molar-refractivity contribution < 1.29 is 0 Å². The molecule has 0 saturated heterocycles. The molecule has 0 radical (unpaired) electrons. The Morgan fingerprint density at radius 1 is 1.17 bits per heavy atom. The second-order valence-electron chi connectivity index (χ2n) is 4.88. The van der Waals surface area contributed by atoms with Crippen LogP contribution in [0.3, 0.4) is 0 Å². The minimum atomic E-state index is 0.531. The van der Waals surface area contributed by atoms with Gasteiger partial charge in [-0.2, -0.15) is 0 Å². The molecule has 0 spiro atoms. The molecule has 0 bridgehead atoms. The second-order valence-corrected chi connectivity index (χ2v) is 4.88. The molecule has 0 aliphatic heterocycles. The third-order valence-electron chi connectivity index (χ3n) is 3.32. The fourth-order valence-corrected chi connectivity index (χ4v) is 2.29. The van der Waals surface area contributed by atoms with Crippen LogP contribution >= 0.6 is 0 Å². The molecule has 0 aliphatic rings. The van der Waals surface area contributed by atoms with Crippen LogP contribution in [0.5, 0.6) is 0 Å². The van der Waals surface area contributed by atoms with Crippen molar-refractivity contribution in [3.63, 3.8) is 0 Å². The summed E-state index contributed by atoms with van der Waals surface area (Å²) in [4.78, 5) is 7.73. The number of benzene rings is 1. The number of rotatable bonds is 4. The molecule has 2 rings (SSSR count). The van der Waals surface area contributed by atoms with Crippen LogP contribution in [-0.2, 0) is 19.4 Å². The van der Waals surface area contributed by atoms with Crippen LogP contribution in [0.4, 0.5) is 0 Å². The van der Waals surface area contributed by atoms with Gasteiger partial charge in [0, 0.05) is 6.54 Å². The molecule has 2 aromatic rings. The average molecular weight is 243 g/mol. The Kier molecular flexibility index (Phi) is 3.82. The Labute approximate surface area is 108 Å². The Hall–Kier alpha value is -1.61. The van der Waals surface area contributed by atoms with Crippen molar-refractivity contribution in [2.75, 3.05) is 0 Å². The summed E-state index contributed by atoms with van der Waals surface area (Å²) in [6.45, 7) is 6.80. The van der Waals surface area contributed by atoms with Crippen molar-refractivity contribution in [1.29, 1.82) is 0 Å². The van der Waals surface area contributed by atoms with Crippen molar-refractivity contribution in [2.24, 2.45) is 5.73 Å². The van der Waals surface area contributed by atoms with Crippen LogP contribution < -0.4 is 5.73 Å². The first kappa shape index (κ1) is 12.8. The molecule has 1 aromatic carbocycles. The molecule has 3 heteroatoms. The molecule has 0 atom stereocenters. The van der Waals surface area contributed by atoms with Crippen molar-refractivity contribution in [3.8, 4) is 0 Å². The number of aromatic nitrogens is 2. The first-order chi connectivity index (χ1) is 8.60. The molecule has 0 saturated carbocycles. The Bertz CT molecular complexity index is 541. The summed E-state index contributed by atoms with van der Waals surface area (Å²) in [7, 11) is 0. The van der Waals surface area contributed by atoms with Gasteiger partial charge in [0.15, 0.2) is 0 Å². The van der Waals surface area contributed by atoms with Crippen molar-refractivity contribution in [1.82, 2.24) is 9.97 Å². The highest BCUT2D eigenvalue weighted by Crippen LogP contribution is 2.15. The second kappa shape index (κ2) is 5.36. The van der Waals surface area contributed by atoms with E-state index in [-0.39, 0.29) is 0 Å². The van der Waals surface area contributed by atoms with Gasteiger partial charge < -0.3 is 10.7 Å². The fraction of sp³-hybridized carbons (Fsp3) is 0.400. The number of nitrogens with zero attached hydrogens (tertiary/aromatic N) is 1. The Morgan fingerprint density at radius 2 is 1.94 bits per heavy atom. The smallest absolute Gasteiger partial charge is 0.103 e. The fourth-order valence-electron chi connectivity index (χ4n) is 2.29. The van der Waals surface area contributed by atoms with E-state index in [2.05, 4.69) is 42.0 Å². The zero-order valence-electron chi connectivity index (χ0n) is 11.4. The molecule has 0 fully saturated rings. The van der Waals surface area contributed by atoms with Crippen LogP contribution in [0.25, 0.3) is 0 Å². The highest BCUT2D eigenvalue weighted by atomic mass is 14.9. The van der Waals surface area contributed by atoms with E-state index in [1.165, 1.54) is 16.7 Å². The largest absolute Gasteiger partial charge is 0.345 e. The lowest BCUT2D eigenvalue weighted by molar-refractivity contribution is 0.878. The molecule has 0 unspecified atom stereocenters. The highest BCUT2D eigenvalue weighted by Gasteiger charge is 2.07. The van der Waals surface area contributed by atoms with Gasteiger partial charge in [0.1, 0.15) is 5.82 Å². The molecule has 3 N–H and O–H groups in total. The van der Waals surface area contributed by atoms with Crippen molar-refractivity contribution >= 4 is 0 Å². The summed E-state index contributed by atoms with van der Waals surface area (Å²) in [6, 6.07) is 6.60. The van der Waals surface area contributed by atoms with Crippen molar-refractivity contribution in [3.05, 3.63) is 52.1 Å². The highest BCUT2D eigenvalue weighted by molar-refractivity contribution is 5.31. The monoisotopic (exact) mass is 243 g/mol. The Balaban J connectivity index is 2.13. The molecular formula is C15H21N3. The van der Waals surface area contributed by atoms with E-state index >= 15 is 0 Å². The normalized spacial score (nSPS) is 10.9. The summed E-state index contributed by atoms with van der Waals surface area (Å²) in [6.07, 6.45) is 1.96. The molecule has 0 aliphatic carbocycles. The number of hydrogen-bond donors (Lipinski definition) is 2. The molecule has 1 heterocycles. The van der Waals surface area contributed by atoms with Gasteiger partial charge in [-0.15, -0.1) is 0 Å². The number of imidazole rings is 1. The van der Waals surface area contributed by atoms with Crippen LogP contribution in [0.1, 0.15) is 33.9 Å². The van der Waals surface area contributed by atoms with Crippen LogP contribution in [-0.4, -0.2) is 9.97 Å². The molecule has 96 valence electrons. The van der Waals surface area contributed by atoms with Gasteiger partial charge in [0.2, 0.25) is 0 Å². The van der Waals surface area contributed by atoms with E-state index in [9.17, 15) is 0 Å². The third kappa shape index (κ3) is 2.79. The lowest BCUT2D eigenvalue weighted by Gasteiger charge is -2.06. The van der Waals surface area contributed by atoms with Crippen LogP contribution in [0, 0.1) is 20.8 Å². The standard InChI is InChI=1S/C15H21N3/c1-10-4-5-11(2)13(8-10)6-7-14-15(9-16)18-12(3)17-14/h4-5,8H,6-7,9,16H2,1-3H3,(H,17,18). The SMILES string of the molecule is Cc1ccc(C)c(CCc2nc(C)[nH]c2CN)c1. The van der Waals surface area contributed by atoms with Gasteiger partial charge in [-0.25, -0.2) is 4.98 Å². The average Bonchev–Trinajstić information content (AvgIpc) is 2.71. The van der Waals surface area contributed by atoms with E-state index in [0.717, 1.165) is 30.1 Å². The number of nitrogens with one attached hydrogen (secondary N) is 1. The summed E-state index contributed by atoms with van der Waals surface area (Å²) in [5.74, 6) is 0.950. The van der Waals surface area contributed by atoms with Gasteiger partial charge in [-0.1, -0.05) is 23.8 Å². The summed E-state index contributed by atoms with van der Waals surface area (Å²) in [5.41, 5.74) is 12.0. The van der Waals surface area contributed by atoms with Crippen LogP contribution in [0.2, 0.25) is 0 Å². The zero-order valence-corrected chi connectivity index (χ0v) is 11.4. The predicted molar refractivity (Wildman–Crippen MR) is 74.5 cm³/mol. The number of H-pyrrole nitrogens is 1. The van der Waals surface area contributed by atoms with Crippen molar-refractivity contribution in [2.45, 2.75) is 40.2 Å². The molecular weight excluding hydrogens is 222 g/mol. The summed E-state index contributed by atoms with van der Waals surface area (Å²) < 4.78 is 0. The number of hydrogen-bond acceptors (Lipinski definition) is 2. The molecule has 1 aromatic heterocycles. The summed E-state index contributed by atoms with van der Waals surface area (Å²) in [5, 5.41) is 0. The minimum absolute atomic E-state index is 0.531. The van der Waals surface area contributed by atoms with Gasteiger partial charge in [0.05, 0.1) is 11.4 Å². The van der Waals surface area contributed by atoms with Gasteiger partial charge in [0.25, 0.3) is 0 Å². The molecule has 18 heavy (non-hydrogen) atoms. The maximum Gasteiger partial charge on any atom is 0.103 e. The first-order valence-corrected chi connectivity index (χ1v) is 6.40. The first-order valence-electron chi connectivity index (χ1n) is 6.40. The maximum absolute atomic E-state index is 5.72. The lowest BCUT2D eigenvalue weighted by atomic mass is 10.00. The maximum atomic E-state index is 5.72. The van der Waals surface area contributed by atoms with E-state index < -0.39 is 0 Å². The van der Waals surface area contributed by atoms with Crippen LogP contribution in [0.15, 0.2) is 18.2 Å². The van der Waals surface area contributed by atoms with E-state index in [0.29, 0.717) is 6.54 Å². The zero-order chi connectivity index (χ0) is 13.1. The van der Waals surface area contributed by atoms with E-state index in [1.54, 1.807) is 0 Å². The topological polar surface area (TPSA) is 54.7 Å². The third-order valence-corrected chi connectivity index (χ3v) is 3.32. The Morgan fingerprint density at radius 3 is 2.67 bits per heavy atom. The lowest BCUT2D eigenvalue weighted by Crippen LogP contribution is -2.03. The number of aromatic amines is 1. The minimum Gasteiger partial charge on any atom is -0.345 e. The van der Waals surface area contributed by atoms with Gasteiger partial charge in [-0.3, -0.25) is 0 Å². The summed E-state index contributed by atoms with van der Waals surface area (Å²) >= 11 is 0.